The van der Waals surface area contributed by atoms with E-state index in [1.807, 2.05) is 0 Å². The number of nitrogen functional groups attached to an aromatic ring is 1. The minimum atomic E-state index is -0.446. The van der Waals surface area contributed by atoms with E-state index in [0.29, 0.717) is 5.69 Å². The van der Waals surface area contributed by atoms with Crippen molar-refractivity contribution in [3.05, 3.63) is 52.4 Å². The molecule has 0 aliphatic heterocycles. The molecular weight excluding hydrogens is 234 g/mol. The van der Waals surface area contributed by atoms with E-state index in [2.05, 4.69) is 10.3 Å². The molecule has 0 aliphatic carbocycles. The fourth-order valence-electron chi connectivity index (χ4n) is 1.44. The average molecular weight is 245 g/mol. The van der Waals surface area contributed by atoms with Gasteiger partial charge in [-0.3, -0.25) is 9.59 Å². The Balaban J connectivity index is 2.24. The molecule has 0 spiro atoms. The SMILES string of the molecule is Nc1cc(O)ccc1NC(=O)c1cc[nH]c(=O)c1. The van der Waals surface area contributed by atoms with Gasteiger partial charge in [-0.15, -0.1) is 0 Å². The Labute approximate surface area is 102 Å². The van der Waals surface area contributed by atoms with Gasteiger partial charge in [0, 0.05) is 23.9 Å². The Morgan fingerprint density at radius 3 is 2.72 bits per heavy atom. The number of phenols is 1. The molecule has 6 nitrogen and oxygen atoms in total. The van der Waals surface area contributed by atoms with Gasteiger partial charge in [0.1, 0.15) is 5.75 Å². The van der Waals surface area contributed by atoms with Crippen LogP contribution in [0, 0.1) is 0 Å². The Morgan fingerprint density at radius 1 is 1.28 bits per heavy atom. The molecule has 0 radical (unpaired) electrons. The van der Waals surface area contributed by atoms with E-state index in [-0.39, 0.29) is 22.6 Å². The highest BCUT2D eigenvalue weighted by atomic mass is 16.3. The topological polar surface area (TPSA) is 108 Å². The fraction of sp³-hybridized carbons (Fsp3) is 0. The lowest BCUT2D eigenvalue weighted by atomic mass is 10.2. The summed E-state index contributed by atoms with van der Waals surface area (Å²) in [7, 11) is 0. The predicted octanol–water partition coefficient (Wildman–Crippen LogP) is 0.915. The van der Waals surface area contributed by atoms with Gasteiger partial charge in [-0.05, 0) is 18.2 Å². The number of hydrogen-bond donors (Lipinski definition) is 4. The Kier molecular flexibility index (Phi) is 3.01. The van der Waals surface area contributed by atoms with Crippen LogP contribution in [0.4, 0.5) is 11.4 Å². The third kappa shape index (κ3) is 2.49. The molecule has 1 heterocycles. The van der Waals surface area contributed by atoms with Crippen LogP contribution in [0.15, 0.2) is 41.3 Å². The zero-order valence-corrected chi connectivity index (χ0v) is 9.31. The van der Waals surface area contributed by atoms with Crippen LogP contribution in [0.1, 0.15) is 10.4 Å². The normalized spacial score (nSPS) is 10.0. The first kappa shape index (κ1) is 11.7. The lowest BCUT2D eigenvalue weighted by Crippen LogP contribution is -2.16. The van der Waals surface area contributed by atoms with Crippen LogP contribution in [0.3, 0.4) is 0 Å². The number of pyridine rings is 1. The second-order valence-electron chi connectivity index (χ2n) is 3.67. The van der Waals surface area contributed by atoms with E-state index < -0.39 is 5.91 Å². The first-order valence-electron chi connectivity index (χ1n) is 5.15. The van der Waals surface area contributed by atoms with Gasteiger partial charge in [0.25, 0.3) is 5.91 Å². The minimum absolute atomic E-state index is 0.0154. The highest BCUT2D eigenvalue weighted by molar-refractivity contribution is 6.05. The summed E-state index contributed by atoms with van der Waals surface area (Å²) in [6.45, 7) is 0. The number of benzene rings is 1. The number of anilines is 2. The van der Waals surface area contributed by atoms with E-state index in [4.69, 9.17) is 5.73 Å². The van der Waals surface area contributed by atoms with Gasteiger partial charge in [0.2, 0.25) is 5.56 Å². The maximum absolute atomic E-state index is 11.8. The molecule has 0 saturated heterocycles. The summed E-state index contributed by atoms with van der Waals surface area (Å²) in [6, 6.07) is 6.88. The van der Waals surface area contributed by atoms with Gasteiger partial charge in [-0.25, -0.2) is 0 Å². The van der Waals surface area contributed by atoms with Crippen molar-refractivity contribution in [1.29, 1.82) is 0 Å². The molecule has 18 heavy (non-hydrogen) atoms. The number of aromatic amines is 1. The molecule has 92 valence electrons. The second-order valence-corrected chi connectivity index (χ2v) is 3.67. The van der Waals surface area contributed by atoms with Crippen LogP contribution < -0.4 is 16.6 Å². The largest absolute Gasteiger partial charge is 0.508 e. The number of hydrogen-bond acceptors (Lipinski definition) is 4. The molecule has 0 saturated carbocycles. The molecule has 6 heteroatoms. The number of H-pyrrole nitrogens is 1. The highest BCUT2D eigenvalue weighted by Crippen LogP contribution is 2.23. The minimum Gasteiger partial charge on any atom is -0.508 e. The lowest BCUT2D eigenvalue weighted by molar-refractivity contribution is 0.102. The quantitative estimate of drug-likeness (QED) is 0.466. The van der Waals surface area contributed by atoms with Crippen molar-refractivity contribution in [2.75, 3.05) is 11.1 Å². The standard InChI is InChI=1S/C12H11N3O3/c13-9-6-8(16)1-2-10(9)15-12(18)7-3-4-14-11(17)5-7/h1-6,16H,13H2,(H,14,17)(H,15,18). The van der Waals surface area contributed by atoms with Crippen molar-refractivity contribution in [3.63, 3.8) is 0 Å². The number of carbonyl (C=O) groups is 1. The molecule has 5 N–H and O–H groups in total. The fourth-order valence-corrected chi connectivity index (χ4v) is 1.44. The van der Waals surface area contributed by atoms with Crippen LogP contribution in [0.5, 0.6) is 5.75 Å². The van der Waals surface area contributed by atoms with Crippen molar-refractivity contribution in [3.8, 4) is 5.75 Å². The summed E-state index contributed by atoms with van der Waals surface area (Å²) in [5, 5.41) is 11.7. The highest BCUT2D eigenvalue weighted by Gasteiger charge is 2.08. The van der Waals surface area contributed by atoms with E-state index in [9.17, 15) is 14.7 Å². The Hall–Kier alpha value is -2.76. The summed E-state index contributed by atoms with van der Waals surface area (Å²) in [6.07, 6.45) is 1.39. The van der Waals surface area contributed by atoms with Gasteiger partial charge >= 0.3 is 0 Å². The molecule has 0 unspecified atom stereocenters. The number of nitrogens with two attached hydrogens (primary N) is 1. The van der Waals surface area contributed by atoms with Gasteiger partial charge in [0.05, 0.1) is 11.4 Å². The predicted molar refractivity (Wildman–Crippen MR) is 67.5 cm³/mol. The summed E-state index contributed by atoms with van der Waals surface area (Å²) >= 11 is 0. The molecule has 0 bridgehead atoms. The van der Waals surface area contributed by atoms with Gasteiger partial charge < -0.3 is 21.1 Å². The number of rotatable bonds is 2. The van der Waals surface area contributed by atoms with Gasteiger partial charge in [-0.2, -0.15) is 0 Å². The number of aromatic nitrogens is 1. The smallest absolute Gasteiger partial charge is 0.255 e. The maximum atomic E-state index is 11.8. The first-order valence-corrected chi connectivity index (χ1v) is 5.15. The van der Waals surface area contributed by atoms with E-state index in [1.165, 1.54) is 36.5 Å². The number of amides is 1. The van der Waals surface area contributed by atoms with Gasteiger partial charge in [-0.1, -0.05) is 0 Å². The molecule has 1 aromatic heterocycles. The molecule has 0 atom stereocenters. The average Bonchev–Trinajstić information content (AvgIpc) is 2.32. The molecule has 0 fully saturated rings. The molecular formula is C12H11N3O3. The van der Waals surface area contributed by atoms with Crippen molar-refractivity contribution >= 4 is 17.3 Å². The van der Waals surface area contributed by atoms with Crippen LogP contribution in [-0.2, 0) is 0 Å². The summed E-state index contributed by atoms with van der Waals surface area (Å²) in [5.74, 6) is -0.430. The summed E-state index contributed by atoms with van der Waals surface area (Å²) in [4.78, 5) is 25.3. The van der Waals surface area contributed by atoms with Crippen LogP contribution in [-0.4, -0.2) is 16.0 Å². The summed E-state index contributed by atoms with van der Waals surface area (Å²) < 4.78 is 0. The molecule has 2 aromatic rings. The number of nitrogens with one attached hydrogen (secondary N) is 2. The van der Waals surface area contributed by atoms with Crippen LogP contribution in [0.25, 0.3) is 0 Å². The van der Waals surface area contributed by atoms with Crippen molar-refractivity contribution in [1.82, 2.24) is 4.98 Å². The van der Waals surface area contributed by atoms with E-state index in [0.717, 1.165) is 0 Å². The van der Waals surface area contributed by atoms with Crippen molar-refractivity contribution < 1.29 is 9.90 Å². The second kappa shape index (κ2) is 4.62. The van der Waals surface area contributed by atoms with Crippen molar-refractivity contribution in [2.45, 2.75) is 0 Å². The van der Waals surface area contributed by atoms with Crippen molar-refractivity contribution in [2.24, 2.45) is 0 Å². The number of phenolic OH excluding ortho intramolecular Hbond substituents is 1. The third-order valence-corrected chi connectivity index (χ3v) is 2.32. The monoisotopic (exact) mass is 245 g/mol. The Morgan fingerprint density at radius 2 is 2.06 bits per heavy atom. The van der Waals surface area contributed by atoms with Crippen LogP contribution in [0.2, 0.25) is 0 Å². The summed E-state index contributed by atoms with van der Waals surface area (Å²) in [5.41, 5.74) is 6.12. The molecule has 2 rings (SSSR count). The number of aromatic hydroxyl groups is 1. The number of carbonyl (C=O) groups excluding carboxylic acids is 1. The first-order chi connectivity index (χ1) is 8.56. The Bertz CT molecular complexity index is 649. The maximum Gasteiger partial charge on any atom is 0.255 e. The van der Waals surface area contributed by atoms with E-state index >= 15 is 0 Å². The van der Waals surface area contributed by atoms with Crippen LogP contribution >= 0.6 is 0 Å². The zero-order chi connectivity index (χ0) is 13.1. The lowest BCUT2D eigenvalue weighted by Gasteiger charge is -2.08. The van der Waals surface area contributed by atoms with Gasteiger partial charge in [0.15, 0.2) is 0 Å². The molecule has 1 aromatic carbocycles. The third-order valence-electron chi connectivity index (χ3n) is 2.32. The molecule has 1 amide bonds. The molecule has 0 aliphatic rings. The zero-order valence-electron chi connectivity index (χ0n) is 9.31. The van der Waals surface area contributed by atoms with E-state index in [1.54, 1.807) is 0 Å².